The topological polar surface area (TPSA) is 61.3 Å². The highest BCUT2D eigenvalue weighted by atomic mass is 15.4. The van der Waals surface area contributed by atoms with Gasteiger partial charge in [-0.15, -0.1) is 5.10 Å². The van der Waals surface area contributed by atoms with Crippen molar-refractivity contribution in [2.24, 2.45) is 0 Å². The second-order valence-corrected chi connectivity index (χ2v) is 7.39. The number of aromatic nitrogens is 4. The van der Waals surface area contributed by atoms with E-state index in [1.54, 1.807) is 6.20 Å². The molecule has 0 atom stereocenters. The van der Waals surface area contributed by atoms with E-state index in [0.717, 1.165) is 57.5 Å². The smallest absolute Gasteiger partial charge is 0.247 e. The molecule has 1 aliphatic rings. The summed E-state index contributed by atoms with van der Waals surface area (Å²) in [6.45, 7) is 5.69. The molecule has 150 valence electrons. The fourth-order valence-electron chi connectivity index (χ4n) is 3.51. The van der Waals surface area contributed by atoms with Crippen LogP contribution in [0.1, 0.15) is 11.1 Å². The Kier molecular flexibility index (Phi) is 6.26. The van der Waals surface area contributed by atoms with Crippen LogP contribution in [0.2, 0.25) is 0 Å². The zero-order valence-corrected chi connectivity index (χ0v) is 16.9. The van der Waals surface area contributed by atoms with Gasteiger partial charge in [0, 0.05) is 58.7 Å². The van der Waals surface area contributed by atoms with E-state index in [0.29, 0.717) is 0 Å². The van der Waals surface area contributed by atoms with Crippen LogP contribution in [0.4, 0.5) is 11.8 Å². The van der Waals surface area contributed by atoms with E-state index in [9.17, 15) is 0 Å². The summed E-state index contributed by atoms with van der Waals surface area (Å²) in [6.07, 6.45) is 6.34. The molecule has 4 rings (SSSR count). The lowest BCUT2D eigenvalue weighted by atomic mass is 10.2. The molecular formula is C22H27N7. The molecule has 3 aromatic rings. The maximum Gasteiger partial charge on any atom is 0.247 e. The number of piperazine rings is 1. The first-order chi connectivity index (χ1) is 14.3. The van der Waals surface area contributed by atoms with Crippen LogP contribution in [0.5, 0.6) is 0 Å². The molecule has 0 saturated carbocycles. The predicted octanol–water partition coefficient (Wildman–Crippen LogP) is 2.27. The number of hydrogen-bond acceptors (Lipinski definition) is 7. The number of hydrogen-bond donors (Lipinski definition) is 0. The van der Waals surface area contributed by atoms with E-state index in [1.807, 2.05) is 31.6 Å². The minimum Gasteiger partial charge on any atom is -0.358 e. The van der Waals surface area contributed by atoms with Gasteiger partial charge in [0.25, 0.3) is 0 Å². The number of benzene rings is 1. The molecule has 0 spiro atoms. The zero-order chi connectivity index (χ0) is 19.9. The Morgan fingerprint density at radius 1 is 0.931 bits per heavy atom. The fourth-order valence-corrected chi connectivity index (χ4v) is 3.51. The normalized spacial score (nSPS) is 14.7. The Balaban J connectivity index is 1.31. The van der Waals surface area contributed by atoms with Crippen molar-refractivity contribution in [1.82, 2.24) is 25.1 Å². The van der Waals surface area contributed by atoms with Gasteiger partial charge in [0.2, 0.25) is 5.95 Å². The third-order valence-electron chi connectivity index (χ3n) is 5.32. The first-order valence-corrected chi connectivity index (χ1v) is 10.1. The van der Waals surface area contributed by atoms with Crippen molar-refractivity contribution in [3.05, 3.63) is 72.2 Å². The molecule has 1 aromatic carbocycles. The summed E-state index contributed by atoms with van der Waals surface area (Å²) in [6, 6.07) is 14.7. The van der Waals surface area contributed by atoms with Gasteiger partial charge in [0.05, 0.1) is 6.20 Å². The Labute approximate surface area is 172 Å². The minimum absolute atomic E-state index is 0.720. The second-order valence-electron chi connectivity index (χ2n) is 7.39. The highest BCUT2D eigenvalue weighted by molar-refractivity contribution is 5.41. The van der Waals surface area contributed by atoms with Crippen LogP contribution < -0.4 is 9.80 Å². The van der Waals surface area contributed by atoms with E-state index >= 15 is 0 Å². The molecule has 2 aromatic heterocycles. The number of pyridine rings is 1. The third-order valence-corrected chi connectivity index (χ3v) is 5.32. The zero-order valence-electron chi connectivity index (χ0n) is 16.9. The standard InChI is InChI=1S/C22H27N7/c1-27(12-9-19-7-10-23-11-8-19)21-17-24-26-22(25-21)29-15-13-28(14-16-29)18-20-5-3-2-4-6-20/h2-8,10-11,17H,9,12-16,18H2,1H3. The third kappa shape index (κ3) is 5.26. The Bertz CT molecular complexity index is 880. The molecule has 0 aliphatic carbocycles. The van der Waals surface area contributed by atoms with Crippen molar-refractivity contribution in [3.63, 3.8) is 0 Å². The van der Waals surface area contributed by atoms with Crippen molar-refractivity contribution in [2.75, 3.05) is 49.6 Å². The molecule has 0 bridgehead atoms. The lowest BCUT2D eigenvalue weighted by molar-refractivity contribution is 0.248. The predicted molar refractivity (Wildman–Crippen MR) is 115 cm³/mol. The number of likely N-dealkylation sites (N-methyl/N-ethyl adjacent to an activating group) is 1. The first kappa shape index (κ1) is 19.3. The molecule has 0 unspecified atom stereocenters. The second kappa shape index (κ2) is 9.43. The van der Waals surface area contributed by atoms with Crippen LogP contribution in [0.25, 0.3) is 0 Å². The van der Waals surface area contributed by atoms with Crippen molar-refractivity contribution >= 4 is 11.8 Å². The van der Waals surface area contributed by atoms with E-state index in [-0.39, 0.29) is 0 Å². The van der Waals surface area contributed by atoms with Crippen LogP contribution in [0.15, 0.2) is 61.1 Å². The average molecular weight is 390 g/mol. The van der Waals surface area contributed by atoms with E-state index in [2.05, 4.69) is 60.2 Å². The van der Waals surface area contributed by atoms with Crippen LogP contribution in [-0.4, -0.2) is 64.8 Å². The van der Waals surface area contributed by atoms with Crippen LogP contribution in [0.3, 0.4) is 0 Å². The Morgan fingerprint density at radius 2 is 1.69 bits per heavy atom. The van der Waals surface area contributed by atoms with Crippen molar-refractivity contribution < 1.29 is 0 Å². The number of anilines is 2. The summed E-state index contributed by atoms with van der Waals surface area (Å²) in [5.74, 6) is 1.58. The largest absolute Gasteiger partial charge is 0.358 e. The molecule has 7 nitrogen and oxygen atoms in total. The molecule has 0 amide bonds. The summed E-state index contributed by atoms with van der Waals surface area (Å²) >= 11 is 0. The molecule has 7 heteroatoms. The quantitative estimate of drug-likeness (QED) is 0.614. The Morgan fingerprint density at radius 3 is 2.45 bits per heavy atom. The molecule has 29 heavy (non-hydrogen) atoms. The average Bonchev–Trinajstić information content (AvgIpc) is 2.79. The molecule has 3 heterocycles. The van der Waals surface area contributed by atoms with E-state index in [1.165, 1.54) is 11.1 Å². The van der Waals surface area contributed by atoms with Gasteiger partial charge < -0.3 is 9.80 Å². The molecule has 1 aliphatic heterocycles. The fraction of sp³-hybridized carbons (Fsp3) is 0.364. The number of rotatable bonds is 7. The van der Waals surface area contributed by atoms with Gasteiger partial charge in [-0.3, -0.25) is 9.88 Å². The van der Waals surface area contributed by atoms with E-state index in [4.69, 9.17) is 4.98 Å². The first-order valence-electron chi connectivity index (χ1n) is 10.1. The van der Waals surface area contributed by atoms with E-state index < -0.39 is 0 Å². The lowest BCUT2D eigenvalue weighted by Gasteiger charge is -2.34. The SMILES string of the molecule is CN(CCc1ccncc1)c1cnnc(N2CCN(Cc3ccccc3)CC2)n1. The summed E-state index contributed by atoms with van der Waals surface area (Å²) in [4.78, 5) is 15.7. The van der Waals surface area contributed by atoms with Crippen LogP contribution >= 0.6 is 0 Å². The van der Waals surface area contributed by atoms with Crippen molar-refractivity contribution in [2.45, 2.75) is 13.0 Å². The summed E-state index contributed by atoms with van der Waals surface area (Å²) < 4.78 is 0. The van der Waals surface area contributed by atoms with Gasteiger partial charge >= 0.3 is 0 Å². The summed E-state index contributed by atoms with van der Waals surface area (Å²) in [5.41, 5.74) is 2.63. The lowest BCUT2D eigenvalue weighted by Crippen LogP contribution is -2.46. The van der Waals surface area contributed by atoms with Gasteiger partial charge in [-0.1, -0.05) is 30.3 Å². The highest BCUT2D eigenvalue weighted by Gasteiger charge is 2.20. The van der Waals surface area contributed by atoms with Crippen LogP contribution in [-0.2, 0) is 13.0 Å². The molecule has 0 N–H and O–H groups in total. The summed E-state index contributed by atoms with van der Waals surface area (Å²) in [7, 11) is 2.05. The van der Waals surface area contributed by atoms with Crippen molar-refractivity contribution in [1.29, 1.82) is 0 Å². The van der Waals surface area contributed by atoms with Gasteiger partial charge in [0.1, 0.15) is 0 Å². The highest BCUT2D eigenvalue weighted by Crippen LogP contribution is 2.16. The Hall–Kier alpha value is -3.06. The van der Waals surface area contributed by atoms with Crippen LogP contribution in [0, 0.1) is 0 Å². The monoisotopic (exact) mass is 389 g/mol. The van der Waals surface area contributed by atoms with Gasteiger partial charge in [-0.05, 0) is 29.7 Å². The maximum atomic E-state index is 4.77. The van der Waals surface area contributed by atoms with Gasteiger partial charge in [-0.25, -0.2) is 0 Å². The molecule has 0 radical (unpaired) electrons. The molecule has 1 saturated heterocycles. The maximum absolute atomic E-state index is 4.77. The van der Waals surface area contributed by atoms with Crippen molar-refractivity contribution in [3.8, 4) is 0 Å². The summed E-state index contributed by atoms with van der Waals surface area (Å²) in [5, 5.41) is 8.49. The minimum atomic E-state index is 0.720. The van der Waals surface area contributed by atoms with Gasteiger partial charge in [-0.2, -0.15) is 10.1 Å². The molecular weight excluding hydrogens is 362 g/mol. The molecule has 1 fully saturated rings. The van der Waals surface area contributed by atoms with Gasteiger partial charge in [0.15, 0.2) is 5.82 Å². The number of nitrogens with zero attached hydrogens (tertiary/aromatic N) is 7.